The van der Waals surface area contributed by atoms with E-state index in [1.54, 1.807) is 17.8 Å². The lowest BCUT2D eigenvalue weighted by atomic mass is 9.93. The summed E-state index contributed by atoms with van der Waals surface area (Å²) in [6.07, 6.45) is 7.97. The number of anilines is 1. The zero-order valence-electron chi connectivity index (χ0n) is 15.4. The smallest absolute Gasteiger partial charge is 0.225 e. The average molecular weight is 398 g/mol. The molecule has 8 nitrogen and oxygen atoms in total. The molecule has 4 heterocycles. The number of hydrogen-bond acceptors (Lipinski definition) is 6. The molecule has 1 aliphatic rings. The van der Waals surface area contributed by atoms with Crippen molar-refractivity contribution in [2.24, 2.45) is 0 Å². The number of imidazole rings is 1. The van der Waals surface area contributed by atoms with Gasteiger partial charge in [0.05, 0.1) is 12.3 Å². The normalized spacial score (nSPS) is 20.1. The van der Waals surface area contributed by atoms with Gasteiger partial charge in [0, 0.05) is 24.7 Å². The third-order valence-corrected chi connectivity index (χ3v) is 5.58. The summed E-state index contributed by atoms with van der Waals surface area (Å²) < 4.78 is 7.07. The van der Waals surface area contributed by atoms with Crippen molar-refractivity contribution in [1.82, 2.24) is 29.5 Å². The lowest BCUT2D eigenvalue weighted by Crippen LogP contribution is -2.29. The number of halogens is 1. The quantitative estimate of drug-likeness (QED) is 0.545. The number of hydrogen-bond donors (Lipinski definition) is 2. The molecule has 4 aromatic heterocycles. The minimum Gasteiger partial charge on any atom is -0.381 e. The fourth-order valence-corrected chi connectivity index (χ4v) is 3.97. The molecule has 1 aliphatic carbocycles. The molecule has 4 aromatic rings. The van der Waals surface area contributed by atoms with Crippen LogP contribution in [0.5, 0.6) is 0 Å². The molecule has 144 valence electrons. The number of H-pyrrole nitrogens is 1. The van der Waals surface area contributed by atoms with E-state index >= 15 is 0 Å². The predicted octanol–water partition coefficient (Wildman–Crippen LogP) is 3.69. The van der Waals surface area contributed by atoms with Crippen LogP contribution in [0.25, 0.3) is 28.1 Å². The van der Waals surface area contributed by atoms with E-state index in [2.05, 4.69) is 25.4 Å². The van der Waals surface area contributed by atoms with E-state index in [0.717, 1.165) is 42.4 Å². The summed E-state index contributed by atoms with van der Waals surface area (Å²) in [5.41, 5.74) is 2.94. The first-order valence-electron chi connectivity index (χ1n) is 9.36. The van der Waals surface area contributed by atoms with Crippen molar-refractivity contribution >= 4 is 34.2 Å². The van der Waals surface area contributed by atoms with Gasteiger partial charge in [0.2, 0.25) is 5.95 Å². The standard InChI is InChI=1S/C19H20ClN7O/c1-28-12-4-2-11(3-5-12)23-19-24-17(13-8-9-21-18(13)25-19)14-6-7-16-22-10-15(20)27(16)26-14/h6-12H,2-5H2,1H3,(H2,21,23,24,25). The third kappa shape index (κ3) is 3.08. The Kier molecular flexibility index (Phi) is 4.37. The van der Waals surface area contributed by atoms with Crippen molar-refractivity contribution in [3.63, 3.8) is 0 Å². The van der Waals surface area contributed by atoms with Crippen LogP contribution in [0.4, 0.5) is 5.95 Å². The van der Waals surface area contributed by atoms with Crippen molar-refractivity contribution in [2.75, 3.05) is 12.4 Å². The van der Waals surface area contributed by atoms with Gasteiger partial charge in [0.15, 0.2) is 10.8 Å². The van der Waals surface area contributed by atoms with E-state index in [-0.39, 0.29) is 0 Å². The van der Waals surface area contributed by atoms with E-state index in [0.29, 0.717) is 34.6 Å². The second kappa shape index (κ2) is 7.03. The molecule has 9 heteroatoms. The number of fused-ring (bicyclic) bond motifs is 2. The first kappa shape index (κ1) is 17.4. The minimum atomic E-state index is 0.338. The molecule has 28 heavy (non-hydrogen) atoms. The maximum atomic E-state index is 6.19. The van der Waals surface area contributed by atoms with E-state index < -0.39 is 0 Å². The Morgan fingerprint density at radius 2 is 2.04 bits per heavy atom. The molecule has 0 aliphatic heterocycles. The maximum Gasteiger partial charge on any atom is 0.225 e. The van der Waals surface area contributed by atoms with Gasteiger partial charge in [-0.05, 0) is 43.9 Å². The molecule has 0 atom stereocenters. The fraction of sp³-hybridized carbons (Fsp3) is 0.368. The number of rotatable bonds is 4. The Morgan fingerprint density at radius 3 is 2.86 bits per heavy atom. The summed E-state index contributed by atoms with van der Waals surface area (Å²) in [5.74, 6) is 0.601. The monoisotopic (exact) mass is 397 g/mol. The SMILES string of the molecule is COC1CCC(Nc2nc(-c3ccc4ncc(Cl)n4n3)c3cc[nH]c3n2)CC1. The molecule has 5 rings (SSSR count). The van der Waals surface area contributed by atoms with Crippen molar-refractivity contribution in [3.8, 4) is 11.4 Å². The van der Waals surface area contributed by atoms with Crippen LogP contribution in [0.2, 0.25) is 5.15 Å². The van der Waals surface area contributed by atoms with Crippen LogP contribution < -0.4 is 5.32 Å². The topological polar surface area (TPSA) is 93.0 Å². The number of ether oxygens (including phenoxy) is 1. The zero-order valence-corrected chi connectivity index (χ0v) is 16.1. The molecule has 0 bridgehead atoms. The van der Waals surface area contributed by atoms with Crippen molar-refractivity contribution in [2.45, 2.75) is 37.8 Å². The lowest BCUT2D eigenvalue weighted by Gasteiger charge is -2.28. The summed E-state index contributed by atoms with van der Waals surface area (Å²) in [5, 5.41) is 9.48. The molecule has 1 fully saturated rings. The molecule has 0 amide bonds. The highest BCUT2D eigenvalue weighted by atomic mass is 35.5. The van der Waals surface area contributed by atoms with Gasteiger partial charge >= 0.3 is 0 Å². The second-order valence-corrected chi connectivity index (χ2v) is 7.45. The van der Waals surface area contributed by atoms with Crippen LogP contribution in [0.1, 0.15) is 25.7 Å². The Labute approximate surface area is 166 Å². The van der Waals surface area contributed by atoms with Gasteiger partial charge in [-0.3, -0.25) is 0 Å². The summed E-state index contributed by atoms with van der Waals surface area (Å²) in [6.45, 7) is 0. The van der Waals surface area contributed by atoms with Gasteiger partial charge in [-0.15, -0.1) is 0 Å². The molecule has 0 radical (unpaired) electrons. The molecule has 0 saturated heterocycles. The number of nitrogens with zero attached hydrogens (tertiary/aromatic N) is 5. The lowest BCUT2D eigenvalue weighted by molar-refractivity contribution is 0.0681. The van der Waals surface area contributed by atoms with Crippen molar-refractivity contribution < 1.29 is 4.74 Å². The van der Waals surface area contributed by atoms with E-state index in [4.69, 9.17) is 21.3 Å². The Morgan fingerprint density at radius 1 is 1.18 bits per heavy atom. The second-order valence-electron chi connectivity index (χ2n) is 7.06. The van der Waals surface area contributed by atoms with Gasteiger partial charge < -0.3 is 15.0 Å². The maximum absolute atomic E-state index is 6.19. The van der Waals surface area contributed by atoms with Gasteiger partial charge in [-0.2, -0.15) is 10.1 Å². The summed E-state index contributed by atoms with van der Waals surface area (Å²) in [4.78, 5) is 16.8. The van der Waals surface area contributed by atoms with E-state index in [1.165, 1.54) is 0 Å². The van der Waals surface area contributed by atoms with Crippen LogP contribution in [-0.2, 0) is 4.74 Å². The molecule has 2 N–H and O–H groups in total. The van der Waals surface area contributed by atoms with Gasteiger partial charge in [0.25, 0.3) is 0 Å². The third-order valence-electron chi connectivity index (χ3n) is 5.32. The van der Waals surface area contributed by atoms with Crippen molar-refractivity contribution in [1.29, 1.82) is 0 Å². The molecular formula is C19H20ClN7O. The van der Waals surface area contributed by atoms with Crippen LogP contribution in [-0.4, -0.2) is 48.8 Å². The number of nitrogens with one attached hydrogen (secondary N) is 2. The van der Waals surface area contributed by atoms with Crippen LogP contribution in [0.15, 0.2) is 30.6 Å². The Hall–Kier alpha value is -2.71. The highest BCUT2D eigenvalue weighted by Crippen LogP contribution is 2.28. The molecule has 0 spiro atoms. The minimum absolute atomic E-state index is 0.338. The number of methoxy groups -OCH3 is 1. The van der Waals surface area contributed by atoms with Gasteiger partial charge in [-0.25, -0.2) is 14.5 Å². The predicted molar refractivity (Wildman–Crippen MR) is 108 cm³/mol. The molecule has 1 saturated carbocycles. The van der Waals surface area contributed by atoms with Crippen LogP contribution in [0.3, 0.4) is 0 Å². The summed E-state index contributed by atoms with van der Waals surface area (Å²) in [7, 11) is 1.78. The Bertz CT molecular complexity index is 1130. The molecule has 0 unspecified atom stereocenters. The van der Waals surface area contributed by atoms with Crippen molar-refractivity contribution in [3.05, 3.63) is 35.7 Å². The first-order chi connectivity index (χ1) is 13.7. The largest absolute Gasteiger partial charge is 0.381 e. The zero-order chi connectivity index (χ0) is 19.1. The molecule has 0 aromatic carbocycles. The van der Waals surface area contributed by atoms with Crippen LogP contribution >= 0.6 is 11.6 Å². The molecular weight excluding hydrogens is 378 g/mol. The summed E-state index contributed by atoms with van der Waals surface area (Å²) >= 11 is 6.19. The van der Waals surface area contributed by atoms with Gasteiger partial charge in [-0.1, -0.05) is 11.6 Å². The number of aromatic nitrogens is 6. The number of aromatic amines is 1. The first-order valence-corrected chi connectivity index (χ1v) is 9.74. The van der Waals surface area contributed by atoms with E-state index in [1.807, 2.05) is 24.4 Å². The Balaban J connectivity index is 1.51. The highest BCUT2D eigenvalue weighted by molar-refractivity contribution is 6.29. The highest BCUT2D eigenvalue weighted by Gasteiger charge is 2.22. The van der Waals surface area contributed by atoms with Gasteiger partial charge in [0.1, 0.15) is 17.0 Å². The van der Waals surface area contributed by atoms with Crippen LogP contribution in [0, 0.1) is 0 Å². The van der Waals surface area contributed by atoms with E-state index in [9.17, 15) is 0 Å². The summed E-state index contributed by atoms with van der Waals surface area (Å²) in [6, 6.07) is 6.08. The fourth-order valence-electron chi connectivity index (χ4n) is 3.80. The average Bonchev–Trinajstić information content (AvgIpc) is 3.34.